The van der Waals surface area contributed by atoms with E-state index in [0.717, 1.165) is 35.8 Å². The van der Waals surface area contributed by atoms with Crippen LogP contribution in [0.3, 0.4) is 0 Å². The van der Waals surface area contributed by atoms with E-state index in [1.54, 1.807) is 11.3 Å². The van der Waals surface area contributed by atoms with Gasteiger partial charge in [-0.2, -0.15) is 5.10 Å². The number of hydrogen-bond donors (Lipinski definition) is 1. The van der Waals surface area contributed by atoms with Crippen molar-refractivity contribution in [2.24, 2.45) is 0 Å². The summed E-state index contributed by atoms with van der Waals surface area (Å²) in [5.74, 6) is 1.39. The molecule has 6 heteroatoms. The van der Waals surface area contributed by atoms with Gasteiger partial charge in [-0.05, 0) is 25.1 Å². The molecule has 0 aliphatic rings. The molecule has 0 aliphatic carbocycles. The number of rotatable bonds is 5. The van der Waals surface area contributed by atoms with Gasteiger partial charge in [0.2, 0.25) is 0 Å². The fraction of sp³-hybridized carbons (Fsp3) is 0.615. The van der Waals surface area contributed by atoms with Crippen molar-refractivity contribution in [2.75, 3.05) is 0 Å². The van der Waals surface area contributed by atoms with Gasteiger partial charge in [-0.1, -0.05) is 27.7 Å². The van der Waals surface area contributed by atoms with Crippen molar-refractivity contribution < 1.29 is 0 Å². The molecule has 0 fully saturated rings. The molecule has 2 heterocycles. The van der Waals surface area contributed by atoms with E-state index in [-0.39, 0.29) is 0 Å². The van der Waals surface area contributed by atoms with E-state index in [1.807, 2.05) is 0 Å². The summed E-state index contributed by atoms with van der Waals surface area (Å²) >= 11 is 7.04. The van der Waals surface area contributed by atoms with E-state index >= 15 is 0 Å². The van der Waals surface area contributed by atoms with Gasteiger partial charge in [0.15, 0.2) is 10.6 Å². The first kappa shape index (κ1) is 14.4. The summed E-state index contributed by atoms with van der Waals surface area (Å²) in [6, 6.07) is 0. The number of nitrogens with zero attached hydrogens (tertiary/aromatic N) is 3. The van der Waals surface area contributed by atoms with Crippen LogP contribution in [0.1, 0.15) is 50.7 Å². The van der Waals surface area contributed by atoms with E-state index in [0.29, 0.717) is 10.7 Å². The van der Waals surface area contributed by atoms with Crippen molar-refractivity contribution in [1.29, 1.82) is 0 Å². The first-order chi connectivity index (χ1) is 9.08. The number of nitrogens with one attached hydrogen (secondary N) is 1. The summed E-state index contributed by atoms with van der Waals surface area (Å²) < 4.78 is 2.77. The molecule has 19 heavy (non-hydrogen) atoms. The third-order valence-corrected chi connectivity index (χ3v) is 4.66. The molecule has 2 aromatic heterocycles. The Labute approximate surface area is 122 Å². The maximum absolute atomic E-state index is 5.31. The number of aromatic amines is 1. The van der Waals surface area contributed by atoms with Crippen molar-refractivity contribution in [3.05, 3.63) is 15.5 Å². The number of hydrogen-bond acceptors (Lipinski definition) is 4. The third-order valence-electron chi connectivity index (χ3n) is 2.95. The highest BCUT2D eigenvalue weighted by Gasteiger charge is 2.18. The Balaban J connectivity index is 2.55. The zero-order chi connectivity index (χ0) is 14.0. The minimum absolute atomic E-state index is 0.450. The van der Waals surface area contributed by atoms with E-state index in [2.05, 4.69) is 42.5 Å². The highest BCUT2D eigenvalue weighted by atomic mass is 32.1. The summed E-state index contributed by atoms with van der Waals surface area (Å²) in [7, 11) is 0. The Morgan fingerprint density at radius 3 is 2.68 bits per heavy atom. The molecule has 0 bridgehead atoms. The molecular formula is C13H20N4S2. The molecule has 1 N–H and O–H groups in total. The summed E-state index contributed by atoms with van der Waals surface area (Å²) in [4.78, 5) is 5.89. The molecule has 0 spiro atoms. The topological polar surface area (TPSA) is 46.5 Å². The molecule has 2 rings (SSSR count). The van der Waals surface area contributed by atoms with Crippen LogP contribution >= 0.6 is 23.6 Å². The summed E-state index contributed by atoms with van der Waals surface area (Å²) in [6.45, 7) is 9.51. The van der Waals surface area contributed by atoms with Gasteiger partial charge in [0.25, 0.3) is 0 Å². The van der Waals surface area contributed by atoms with Crippen LogP contribution in [0.25, 0.3) is 10.7 Å². The molecule has 0 atom stereocenters. The van der Waals surface area contributed by atoms with Gasteiger partial charge in [0.05, 0.1) is 15.6 Å². The largest absolute Gasteiger partial charge is 0.299 e. The van der Waals surface area contributed by atoms with Crippen LogP contribution in [0, 0.1) is 4.77 Å². The molecule has 4 nitrogen and oxygen atoms in total. The van der Waals surface area contributed by atoms with Gasteiger partial charge in [0, 0.05) is 12.5 Å². The van der Waals surface area contributed by atoms with E-state index in [4.69, 9.17) is 17.2 Å². The lowest BCUT2D eigenvalue weighted by Gasteiger charge is -2.03. The lowest BCUT2D eigenvalue weighted by molar-refractivity contribution is 0.675. The van der Waals surface area contributed by atoms with E-state index in [1.165, 1.54) is 5.01 Å². The van der Waals surface area contributed by atoms with Gasteiger partial charge >= 0.3 is 0 Å². The smallest absolute Gasteiger partial charge is 0.195 e. The summed E-state index contributed by atoms with van der Waals surface area (Å²) in [5.41, 5.74) is 1.13. The molecule has 0 amide bonds. The second-order valence-electron chi connectivity index (χ2n) is 4.84. The predicted octanol–water partition coefficient (Wildman–Crippen LogP) is 4.16. The molecule has 0 aromatic carbocycles. The Kier molecular flexibility index (Phi) is 4.52. The third kappa shape index (κ3) is 2.79. The Hall–Kier alpha value is -1.01. The molecule has 0 aliphatic heterocycles. The molecule has 0 saturated carbocycles. The number of aryl methyl sites for hydroxylation is 1. The first-order valence-corrected chi connectivity index (χ1v) is 7.96. The van der Waals surface area contributed by atoms with Gasteiger partial charge in [-0.25, -0.2) is 4.98 Å². The highest BCUT2D eigenvalue weighted by molar-refractivity contribution is 7.71. The normalized spacial score (nSPS) is 11.4. The summed E-state index contributed by atoms with van der Waals surface area (Å²) in [5, 5.41) is 8.48. The maximum atomic E-state index is 5.31. The zero-order valence-electron chi connectivity index (χ0n) is 11.9. The van der Waals surface area contributed by atoms with Gasteiger partial charge < -0.3 is 0 Å². The van der Waals surface area contributed by atoms with Crippen LogP contribution in [0.5, 0.6) is 0 Å². The van der Waals surface area contributed by atoms with Crippen LogP contribution in [0.4, 0.5) is 0 Å². The standard InChI is InChI=1S/C13H20N4S2/c1-5-7-17-11(15-16-13(17)18)10-9(6-2)14-12(19-10)8(3)4/h8H,5-7H2,1-4H3,(H,16,18). The average molecular weight is 296 g/mol. The average Bonchev–Trinajstić information content (AvgIpc) is 2.95. The Morgan fingerprint density at radius 1 is 1.37 bits per heavy atom. The molecule has 0 saturated heterocycles. The fourth-order valence-electron chi connectivity index (χ4n) is 1.95. The highest BCUT2D eigenvalue weighted by Crippen LogP contribution is 2.33. The van der Waals surface area contributed by atoms with Crippen molar-refractivity contribution in [2.45, 2.75) is 53.0 Å². The van der Waals surface area contributed by atoms with Crippen LogP contribution in [-0.4, -0.2) is 19.7 Å². The summed E-state index contributed by atoms with van der Waals surface area (Å²) in [6.07, 6.45) is 1.96. The predicted molar refractivity (Wildman–Crippen MR) is 82.3 cm³/mol. The van der Waals surface area contributed by atoms with Crippen LogP contribution in [0.2, 0.25) is 0 Å². The lowest BCUT2D eigenvalue weighted by Crippen LogP contribution is -2.00. The fourth-order valence-corrected chi connectivity index (χ4v) is 3.33. The molecular weight excluding hydrogens is 276 g/mol. The Morgan fingerprint density at radius 2 is 2.11 bits per heavy atom. The zero-order valence-corrected chi connectivity index (χ0v) is 13.5. The van der Waals surface area contributed by atoms with Crippen LogP contribution in [0.15, 0.2) is 0 Å². The van der Waals surface area contributed by atoms with Crippen LogP contribution in [-0.2, 0) is 13.0 Å². The first-order valence-electron chi connectivity index (χ1n) is 6.73. The second kappa shape index (κ2) is 5.96. The van der Waals surface area contributed by atoms with Crippen molar-refractivity contribution in [3.63, 3.8) is 0 Å². The molecule has 2 aromatic rings. The van der Waals surface area contributed by atoms with E-state index < -0.39 is 0 Å². The lowest BCUT2D eigenvalue weighted by atomic mass is 10.2. The van der Waals surface area contributed by atoms with Gasteiger partial charge in [-0.15, -0.1) is 11.3 Å². The van der Waals surface area contributed by atoms with Crippen molar-refractivity contribution in [3.8, 4) is 10.7 Å². The number of aromatic nitrogens is 4. The SMILES string of the molecule is CCCn1c(-c2sc(C(C)C)nc2CC)n[nH]c1=S. The van der Waals surface area contributed by atoms with Gasteiger partial charge in [-0.3, -0.25) is 9.67 Å². The molecule has 0 unspecified atom stereocenters. The second-order valence-corrected chi connectivity index (χ2v) is 6.26. The van der Waals surface area contributed by atoms with Gasteiger partial charge in [0.1, 0.15) is 0 Å². The minimum atomic E-state index is 0.450. The minimum Gasteiger partial charge on any atom is -0.299 e. The van der Waals surface area contributed by atoms with Crippen molar-refractivity contribution >= 4 is 23.6 Å². The van der Waals surface area contributed by atoms with Crippen LogP contribution < -0.4 is 0 Å². The Bertz CT molecular complexity index is 606. The number of thiazole rings is 1. The van der Waals surface area contributed by atoms with E-state index in [9.17, 15) is 0 Å². The molecule has 104 valence electrons. The number of H-pyrrole nitrogens is 1. The maximum Gasteiger partial charge on any atom is 0.195 e. The van der Waals surface area contributed by atoms with Crippen molar-refractivity contribution in [1.82, 2.24) is 19.7 Å². The monoisotopic (exact) mass is 296 g/mol. The molecule has 0 radical (unpaired) electrons. The quantitative estimate of drug-likeness (QED) is 0.843.